The predicted molar refractivity (Wildman–Crippen MR) is 176 cm³/mol. The third-order valence-electron chi connectivity index (χ3n) is 7.33. The van der Waals surface area contributed by atoms with Crippen molar-refractivity contribution in [2.75, 3.05) is 13.2 Å². The Morgan fingerprint density at radius 3 is 1.83 bits per heavy atom. The predicted octanol–water partition coefficient (Wildman–Crippen LogP) is -7.21. The number of imidazole rings is 1. The summed E-state index contributed by atoms with van der Waals surface area (Å²) < 4.78 is 0. The number of aliphatic hydroxyl groups is 3. The monoisotopic (exact) mass is 758 g/mol. The van der Waals surface area contributed by atoms with Crippen molar-refractivity contribution in [1.29, 1.82) is 0 Å². The zero-order chi connectivity index (χ0) is 40.4. The Labute approximate surface area is 301 Å². The highest BCUT2D eigenvalue weighted by Gasteiger charge is 2.34. The summed E-state index contributed by atoms with van der Waals surface area (Å²) in [6.07, 6.45) is -2.75. The van der Waals surface area contributed by atoms with Crippen molar-refractivity contribution in [1.82, 2.24) is 41.9 Å². The number of hydrogen-bond acceptors (Lipinski definition) is 14. The van der Waals surface area contributed by atoms with Crippen molar-refractivity contribution in [2.24, 2.45) is 11.5 Å². The molecule has 0 saturated carbocycles. The van der Waals surface area contributed by atoms with E-state index >= 15 is 0 Å². The van der Waals surface area contributed by atoms with E-state index in [2.05, 4.69) is 41.9 Å². The van der Waals surface area contributed by atoms with E-state index in [0.717, 1.165) is 6.92 Å². The molecule has 0 aliphatic carbocycles. The van der Waals surface area contributed by atoms with Gasteiger partial charge in [0.2, 0.25) is 41.4 Å². The Kier molecular flexibility index (Phi) is 19.0. The molecule has 0 aromatic carbocycles. The average molecular weight is 759 g/mol. The third-order valence-corrected chi connectivity index (χ3v) is 7.33. The number of carboxylic acids is 2. The van der Waals surface area contributed by atoms with E-state index in [-0.39, 0.29) is 12.1 Å². The molecule has 8 atom stereocenters. The fourth-order valence-electron chi connectivity index (χ4n) is 4.32. The molecule has 53 heavy (non-hydrogen) atoms. The minimum atomic E-state index is -1.85. The van der Waals surface area contributed by atoms with E-state index in [1.807, 2.05) is 0 Å². The molecule has 0 saturated heterocycles. The molecule has 0 bridgehead atoms. The molecule has 296 valence electrons. The minimum Gasteiger partial charge on any atom is -0.481 e. The first kappa shape index (κ1) is 45.3. The molecule has 0 spiro atoms. The number of nitrogens with zero attached hydrogens (tertiary/aromatic N) is 1. The van der Waals surface area contributed by atoms with Gasteiger partial charge in [-0.3, -0.25) is 38.4 Å². The molecule has 1 aromatic heterocycles. The number of primary amides is 1. The molecule has 0 radical (unpaired) electrons. The van der Waals surface area contributed by atoms with Crippen molar-refractivity contribution in [3.8, 4) is 0 Å². The number of carbonyl (C=O) groups is 9. The SMILES string of the molecule is C[C@@H](O)[C@H](N)C(=O)NCC(=O)N[C@@H](CO)C(=O)N[C@H](C(=O)N[C@@H](CCC(N)=O)C(=O)N[C@@H](Cc1cnc[nH]1)C(=O)N[C@@H](CCC(=O)O)C(=O)O)[C@@H](C)O. The average Bonchev–Trinajstić information content (AvgIpc) is 3.60. The molecule has 0 aliphatic rings. The first-order valence-corrected chi connectivity index (χ1v) is 16.0. The summed E-state index contributed by atoms with van der Waals surface area (Å²) in [6, 6.07) is -9.83. The van der Waals surface area contributed by atoms with Crippen LogP contribution in [0.2, 0.25) is 0 Å². The van der Waals surface area contributed by atoms with Gasteiger partial charge < -0.3 is 73.9 Å². The normalized spacial score (nSPS) is 15.4. The number of aromatic nitrogens is 2. The number of nitrogens with two attached hydrogens (primary N) is 2. The van der Waals surface area contributed by atoms with E-state index in [4.69, 9.17) is 16.6 Å². The summed E-state index contributed by atoms with van der Waals surface area (Å²) in [5.41, 5.74) is 11.0. The first-order valence-electron chi connectivity index (χ1n) is 16.0. The van der Waals surface area contributed by atoms with Crippen LogP contribution in [0.1, 0.15) is 45.2 Å². The second-order valence-corrected chi connectivity index (χ2v) is 11.8. The van der Waals surface area contributed by atoms with Crippen LogP contribution in [-0.4, -0.2) is 150 Å². The first-order chi connectivity index (χ1) is 24.8. The number of carbonyl (C=O) groups excluding carboxylic acids is 7. The maximum absolute atomic E-state index is 13.5. The molecular formula is C29H46N10O14. The number of carboxylic acid groups (broad SMARTS) is 2. The molecule has 0 fully saturated rings. The molecule has 1 heterocycles. The quantitative estimate of drug-likeness (QED) is 0.0466. The van der Waals surface area contributed by atoms with Crippen LogP contribution >= 0.6 is 0 Å². The second-order valence-electron chi connectivity index (χ2n) is 11.8. The Morgan fingerprint density at radius 2 is 1.32 bits per heavy atom. The van der Waals surface area contributed by atoms with E-state index in [9.17, 15) is 63.6 Å². The number of hydrogen-bond donors (Lipinski definition) is 14. The van der Waals surface area contributed by atoms with Crippen molar-refractivity contribution < 1.29 is 68.7 Å². The largest absolute Gasteiger partial charge is 0.481 e. The topological polar surface area (TPSA) is 408 Å². The Hall–Kier alpha value is -5.72. The van der Waals surface area contributed by atoms with Crippen molar-refractivity contribution in [2.45, 2.75) is 94.4 Å². The van der Waals surface area contributed by atoms with Crippen molar-refractivity contribution in [3.63, 3.8) is 0 Å². The number of nitrogens with one attached hydrogen (secondary N) is 7. The smallest absolute Gasteiger partial charge is 0.326 e. The molecule has 24 nitrogen and oxygen atoms in total. The standard InChI is InChI=1S/C29H46N10O14/c1-12(41)22(31)27(50)33-9-20(44)35-18(10-40)26(49)39-23(13(2)42)28(51)36-15(3-5-19(30)43)24(47)38-17(7-14-8-32-11-34-14)25(48)37-16(29(52)53)4-6-21(45)46/h8,11-13,15-18,22-23,40-42H,3-7,9-10,31H2,1-2H3,(H2,30,43)(H,32,34)(H,33,50)(H,35,44)(H,36,51)(H,37,48)(H,38,47)(H,39,49)(H,45,46)(H,52,53)/t12-,13-,15+,16+,17+,18+,22+,23+/m1/s1. The molecule has 7 amide bonds. The molecule has 24 heteroatoms. The van der Waals surface area contributed by atoms with E-state index < -0.39 is 141 Å². The fraction of sp³-hybridized carbons (Fsp3) is 0.586. The highest BCUT2D eigenvalue weighted by atomic mass is 16.4. The van der Waals surface area contributed by atoms with Gasteiger partial charge in [0.1, 0.15) is 36.3 Å². The van der Waals surface area contributed by atoms with E-state index in [1.54, 1.807) is 0 Å². The summed E-state index contributed by atoms with van der Waals surface area (Å²) in [7, 11) is 0. The molecule has 1 rings (SSSR count). The van der Waals surface area contributed by atoms with E-state index in [0.29, 0.717) is 0 Å². The number of aromatic amines is 1. The van der Waals surface area contributed by atoms with Gasteiger partial charge in [0.15, 0.2) is 0 Å². The van der Waals surface area contributed by atoms with Gasteiger partial charge in [-0.1, -0.05) is 0 Å². The van der Waals surface area contributed by atoms with Crippen LogP contribution < -0.4 is 43.4 Å². The van der Waals surface area contributed by atoms with Crippen LogP contribution in [0.4, 0.5) is 0 Å². The molecule has 16 N–H and O–H groups in total. The lowest BCUT2D eigenvalue weighted by atomic mass is 10.0. The number of amides is 7. The van der Waals surface area contributed by atoms with Gasteiger partial charge in [-0.15, -0.1) is 0 Å². The highest BCUT2D eigenvalue weighted by molar-refractivity contribution is 5.97. The Balaban J connectivity index is 3.16. The minimum absolute atomic E-state index is 0.286. The van der Waals surface area contributed by atoms with Gasteiger partial charge in [0.25, 0.3) is 0 Å². The molecule has 0 unspecified atom stereocenters. The lowest BCUT2D eigenvalue weighted by Crippen LogP contribution is -2.61. The second kappa shape index (κ2) is 22.3. The van der Waals surface area contributed by atoms with Crippen LogP contribution in [-0.2, 0) is 49.6 Å². The molecular weight excluding hydrogens is 712 g/mol. The van der Waals surface area contributed by atoms with Gasteiger partial charge in [-0.05, 0) is 26.7 Å². The van der Waals surface area contributed by atoms with Gasteiger partial charge in [-0.25, -0.2) is 9.78 Å². The van der Waals surface area contributed by atoms with Crippen LogP contribution in [0.25, 0.3) is 0 Å². The molecule has 0 aliphatic heterocycles. The van der Waals surface area contributed by atoms with Crippen LogP contribution in [0.15, 0.2) is 12.5 Å². The zero-order valence-electron chi connectivity index (χ0n) is 28.7. The van der Waals surface area contributed by atoms with Gasteiger partial charge in [0, 0.05) is 31.2 Å². The van der Waals surface area contributed by atoms with Crippen LogP contribution in [0.5, 0.6) is 0 Å². The summed E-state index contributed by atoms with van der Waals surface area (Å²) >= 11 is 0. The van der Waals surface area contributed by atoms with Gasteiger partial charge in [-0.2, -0.15) is 0 Å². The van der Waals surface area contributed by atoms with Gasteiger partial charge in [0.05, 0.1) is 31.7 Å². The third kappa shape index (κ3) is 16.4. The number of aliphatic carboxylic acids is 2. The zero-order valence-corrected chi connectivity index (χ0v) is 28.7. The van der Waals surface area contributed by atoms with Crippen molar-refractivity contribution >= 4 is 53.3 Å². The lowest BCUT2D eigenvalue weighted by molar-refractivity contribution is -0.143. The summed E-state index contributed by atoms with van der Waals surface area (Å²) in [5.74, 6) is -10.3. The van der Waals surface area contributed by atoms with E-state index in [1.165, 1.54) is 19.4 Å². The summed E-state index contributed by atoms with van der Waals surface area (Å²) in [4.78, 5) is 118. The maximum Gasteiger partial charge on any atom is 0.326 e. The summed E-state index contributed by atoms with van der Waals surface area (Å²) in [6.45, 7) is 0.571. The van der Waals surface area contributed by atoms with Crippen molar-refractivity contribution in [3.05, 3.63) is 18.2 Å². The number of H-pyrrole nitrogens is 1. The Bertz CT molecular complexity index is 1460. The van der Waals surface area contributed by atoms with Crippen LogP contribution in [0, 0.1) is 0 Å². The number of rotatable bonds is 24. The Morgan fingerprint density at radius 1 is 0.755 bits per heavy atom. The molecule has 1 aromatic rings. The summed E-state index contributed by atoms with van der Waals surface area (Å²) in [5, 5.41) is 60.8. The maximum atomic E-state index is 13.5. The fourth-order valence-corrected chi connectivity index (χ4v) is 4.32. The lowest BCUT2D eigenvalue weighted by Gasteiger charge is -2.27. The van der Waals surface area contributed by atoms with Crippen LogP contribution in [0.3, 0.4) is 0 Å². The van der Waals surface area contributed by atoms with Gasteiger partial charge >= 0.3 is 11.9 Å². The number of aliphatic hydroxyl groups excluding tert-OH is 3. The highest BCUT2D eigenvalue weighted by Crippen LogP contribution is 2.07.